The zero-order chi connectivity index (χ0) is 12.1. The minimum atomic E-state index is 0.366. The highest BCUT2D eigenvalue weighted by atomic mass is 35.5. The van der Waals surface area contributed by atoms with E-state index in [2.05, 4.69) is 35.4 Å². The number of benzene rings is 1. The Hall–Kier alpha value is -1.12. The van der Waals surface area contributed by atoms with Crippen molar-refractivity contribution in [2.24, 2.45) is 0 Å². The Morgan fingerprint density at radius 1 is 1.24 bits per heavy atom. The number of fused-ring (bicyclic) bond motifs is 1. The summed E-state index contributed by atoms with van der Waals surface area (Å²) >= 11 is 5.85. The molecule has 2 rings (SSSR count). The van der Waals surface area contributed by atoms with Crippen LogP contribution in [-0.4, -0.2) is 16.9 Å². The molecule has 3 heteroatoms. The van der Waals surface area contributed by atoms with E-state index in [-0.39, 0.29) is 0 Å². The molecule has 1 unspecified atom stereocenters. The van der Waals surface area contributed by atoms with Crippen LogP contribution in [-0.2, 0) is 6.54 Å². The smallest absolute Gasteiger partial charge is 0.0705 e. The first-order valence-corrected chi connectivity index (χ1v) is 6.51. The van der Waals surface area contributed by atoms with Crippen LogP contribution in [0.25, 0.3) is 10.9 Å². The van der Waals surface area contributed by atoms with Gasteiger partial charge in [-0.05, 0) is 18.6 Å². The van der Waals surface area contributed by atoms with Crippen LogP contribution in [0.2, 0.25) is 0 Å². The zero-order valence-electron chi connectivity index (χ0n) is 9.99. The second kappa shape index (κ2) is 5.99. The molecule has 0 spiro atoms. The van der Waals surface area contributed by atoms with Gasteiger partial charge < -0.3 is 5.32 Å². The van der Waals surface area contributed by atoms with Crippen molar-refractivity contribution in [3.05, 3.63) is 42.1 Å². The van der Waals surface area contributed by atoms with Gasteiger partial charge >= 0.3 is 0 Å². The average molecular weight is 249 g/mol. The molecule has 1 aromatic carbocycles. The summed E-state index contributed by atoms with van der Waals surface area (Å²) in [5.74, 6) is 0.643. The van der Waals surface area contributed by atoms with E-state index >= 15 is 0 Å². The van der Waals surface area contributed by atoms with Crippen molar-refractivity contribution >= 4 is 22.5 Å². The molecule has 0 bridgehead atoms. The molecule has 1 aromatic heterocycles. The molecule has 2 aromatic rings. The summed E-state index contributed by atoms with van der Waals surface area (Å²) in [5, 5.41) is 4.59. The second-order valence-corrected chi connectivity index (χ2v) is 4.44. The van der Waals surface area contributed by atoms with Crippen LogP contribution in [0, 0.1) is 0 Å². The van der Waals surface area contributed by atoms with Crippen molar-refractivity contribution in [3.63, 3.8) is 0 Å². The Balaban J connectivity index is 2.09. The summed E-state index contributed by atoms with van der Waals surface area (Å²) in [4.78, 5) is 4.61. The zero-order valence-corrected chi connectivity index (χ0v) is 10.7. The maximum Gasteiger partial charge on any atom is 0.0705 e. The van der Waals surface area contributed by atoms with E-state index in [1.807, 2.05) is 18.2 Å². The highest BCUT2D eigenvalue weighted by molar-refractivity contribution is 6.18. The molecular formula is C14H17ClN2. The number of nitrogens with one attached hydrogen (secondary N) is 1. The Kier molecular flexibility index (Phi) is 4.35. The highest BCUT2D eigenvalue weighted by Gasteiger charge is 2.04. The van der Waals surface area contributed by atoms with Crippen LogP contribution in [0.15, 0.2) is 36.4 Å². The number of para-hydroxylation sites is 1. The molecule has 1 N–H and O–H groups in total. The quantitative estimate of drug-likeness (QED) is 0.821. The number of pyridine rings is 1. The Labute approximate surface area is 107 Å². The third kappa shape index (κ3) is 3.18. The minimum absolute atomic E-state index is 0.366. The summed E-state index contributed by atoms with van der Waals surface area (Å²) in [6, 6.07) is 12.7. The van der Waals surface area contributed by atoms with Crippen LogP contribution >= 0.6 is 11.6 Å². The fourth-order valence-electron chi connectivity index (χ4n) is 1.76. The van der Waals surface area contributed by atoms with Crippen molar-refractivity contribution in [2.45, 2.75) is 25.9 Å². The maximum absolute atomic E-state index is 5.85. The maximum atomic E-state index is 5.85. The molecule has 0 amide bonds. The molecule has 0 aliphatic heterocycles. The number of rotatable bonds is 5. The molecule has 0 aliphatic rings. The van der Waals surface area contributed by atoms with E-state index < -0.39 is 0 Å². The van der Waals surface area contributed by atoms with Gasteiger partial charge in [0.15, 0.2) is 0 Å². The minimum Gasteiger partial charge on any atom is -0.307 e. The van der Waals surface area contributed by atoms with Gasteiger partial charge in [0.25, 0.3) is 0 Å². The normalized spacial score (nSPS) is 12.8. The molecule has 0 aliphatic carbocycles. The standard InChI is InChI=1S/C14H17ClN2/c1-2-12(9-15)16-10-13-8-7-11-5-3-4-6-14(11)17-13/h3-8,12,16H,2,9-10H2,1H3. The van der Waals surface area contributed by atoms with Crippen LogP contribution in [0.1, 0.15) is 19.0 Å². The molecule has 0 radical (unpaired) electrons. The van der Waals surface area contributed by atoms with Gasteiger partial charge in [0.1, 0.15) is 0 Å². The van der Waals surface area contributed by atoms with Gasteiger partial charge in [0, 0.05) is 23.9 Å². The number of hydrogen-bond acceptors (Lipinski definition) is 2. The third-order valence-corrected chi connectivity index (χ3v) is 3.28. The fourth-order valence-corrected chi connectivity index (χ4v) is 2.09. The fraction of sp³-hybridized carbons (Fsp3) is 0.357. The Bertz CT molecular complexity index is 480. The lowest BCUT2D eigenvalue weighted by Crippen LogP contribution is -2.29. The number of aromatic nitrogens is 1. The summed E-state index contributed by atoms with van der Waals surface area (Å²) in [7, 11) is 0. The van der Waals surface area contributed by atoms with Gasteiger partial charge in [0.05, 0.1) is 11.2 Å². The van der Waals surface area contributed by atoms with E-state index in [9.17, 15) is 0 Å². The Morgan fingerprint density at radius 2 is 2.06 bits per heavy atom. The summed E-state index contributed by atoms with van der Waals surface area (Å²) in [6.45, 7) is 2.91. The predicted molar refractivity (Wildman–Crippen MR) is 73.4 cm³/mol. The van der Waals surface area contributed by atoms with Gasteiger partial charge in [-0.25, -0.2) is 0 Å². The van der Waals surface area contributed by atoms with Crippen molar-refractivity contribution in [2.75, 3.05) is 5.88 Å². The summed E-state index contributed by atoms with van der Waals surface area (Å²) in [5.41, 5.74) is 2.11. The SMILES string of the molecule is CCC(CCl)NCc1ccc2ccccc2n1. The van der Waals surface area contributed by atoms with Gasteiger partial charge in [-0.15, -0.1) is 11.6 Å². The molecule has 90 valence electrons. The molecule has 1 heterocycles. The summed E-state index contributed by atoms with van der Waals surface area (Å²) < 4.78 is 0. The highest BCUT2D eigenvalue weighted by Crippen LogP contribution is 2.11. The van der Waals surface area contributed by atoms with Gasteiger partial charge in [-0.3, -0.25) is 4.98 Å². The first kappa shape index (κ1) is 12.3. The number of nitrogens with zero attached hydrogens (tertiary/aromatic N) is 1. The van der Waals surface area contributed by atoms with Crippen LogP contribution in [0.3, 0.4) is 0 Å². The topological polar surface area (TPSA) is 24.9 Å². The molecule has 0 saturated carbocycles. The molecule has 0 fully saturated rings. The number of alkyl halides is 1. The van der Waals surface area contributed by atoms with E-state index in [0.29, 0.717) is 11.9 Å². The van der Waals surface area contributed by atoms with Crippen LogP contribution in [0.4, 0.5) is 0 Å². The lowest BCUT2D eigenvalue weighted by atomic mass is 10.2. The van der Waals surface area contributed by atoms with E-state index in [4.69, 9.17) is 11.6 Å². The van der Waals surface area contributed by atoms with Crippen LogP contribution < -0.4 is 5.32 Å². The van der Waals surface area contributed by atoms with Crippen molar-refractivity contribution < 1.29 is 0 Å². The van der Waals surface area contributed by atoms with E-state index in [1.165, 1.54) is 5.39 Å². The molecule has 1 atom stereocenters. The lowest BCUT2D eigenvalue weighted by Gasteiger charge is -2.13. The van der Waals surface area contributed by atoms with Gasteiger partial charge in [-0.1, -0.05) is 31.2 Å². The van der Waals surface area contributed by atoms with Crippen molar-refractivity contribution in [1.29, 1.82) is 0 Å². The first-order valence-electron chi connectivity index (χ1n) is 5.97. The second-order valence-electron chi connectivity index (χ2n) is 4.14. The molecule has 0 saturated heterocycles. The predicted octanol–water partition coefficient (Wildman–Crippen LogP) is 3.34. The molecule has 2 nitrogen and oxygen atoms in total. The van der Waals surface area contributed by atoms with E-state index in [1.54, 1.807) is 0 Å². The molecular weight excluding hydrogens is 232 g/mol. The Morgan fingerprint density at radius 3 is 2.82 bits per heavy atom. The summed E-state index contributed by atoms with van der Waals surface area (Å²) in [6.07, 6.45) is 1.04. The van der Waals surface area contributed by atoms with Gasteiger partial charge in [-0.2, -0.15) is 0 Å². The third-order valence-electron chi connectivity index (χ3n) is 2.91. The lowest BCUT2D eigenvalue weighted by molar-refractivity contribution is 0.534. The number of hydrogen-bond donors (Lipinski definition) is 1. The monoisotopic (exact) mass is 248 g/mol. The number of halogens is 1. The first-order chi connectivity index (χ1) is 8.33. The largest absolute Gasteiger partial charge is 0.307 e. The molecule has 17 heavy (non-hydrogen) atoms. The van der Waals surface area contributed by atoms with Crippen LogP contribution in [0.5, 0.6) is 0 Å². The average Bonchev–Trinajstić information content (AvgIpc) is 2.40. The van der Waals surface area contributed by atoms with Crippen molar-refractivity contribution in [1.82, 2.24) is 10.3 Å². The van der Waals surface area contributed by atoms with Crippen molar-refractivity contribution in [3.8, 4) is 0 Å². The van der Waals surface area contributed by atoms with E-state index in [0.717, 1.165) is 24.2 Å². The van der Waals surface area contributed by atoms with Gasteiger partial charge in [0.2, 0.25) is 0 Å².